The van der Waals surface area contributed by atoms with E-state index in [-0.39, 0.29) is 0 Å². The lowest BCUT2D eigenvalue weighted by molar-refractivity contribution is 0.109. The van der Waals surface area contributed by atoms with Crippen molar-refractivity contribution in [3.05, 3.63) is 47.3 Å². The van der Waals surface area contributed by atoms with E-state index < -0.39 is 0 Å². The van der Waals surface area contributed by atoms with Crippen molar-refractivity contribution in [1.82, 2.24) is 9.78 Å². The van der Waals surface area contributed by atoms with Crippen molar-refractivity contribution in [2.75, 3.05) is 6.61 Å². The first-order valence-electron chi connectivity index (χ1n) is 5.57. The van der Waals surface area contributed by atoms with Gasteiger partial charge in [0, 0.05) is 17.5 Å². The Kier molecular flexibility index (Phi) is 2.49. The first kappa shape index (κ1) is 10.2. The highest BCUT2D eigenvalue weighted by atomic mass is 16.5. The fourth-order valence-corrected chi connectivity index (χ4v) is 2.10. The molecule has 0 radical (unpaired) electrons. The summed E-state index contributed by atoms with van der Waals surface area (Å²) in [6, 6.07) is 7.45. The van der Waals surface area contributed by atoms with Crippen LogP contribution in [0.3, 0.4) is 0 Å². The molecule has 1 aromatic heterocycles. The fraction of sp³-hybridized carbons (Fsp3) is 0.231. The molecule has 0 fully saturated rings. The molecule has 0 N–H and O–H groups in total. The molecule has 2 aromatic rings. The van der Waals surface area contributed by atoms with Gasteiger partial charge in [-0.25, -0.2) is 4.68 Å². The maximum absolute atomic E-state index is 10.8. The van der Waals surface area contributed by atoms with Crippen LogP contribution < -0.4 is 0 Å². The monoisotopic (exact) mass is 228 g/mol. The molecular weight excluding hydrogens is 216 g/mol. The zero-order valence-corrected chi connectivity index (χ0v) is 9.30. The first-order valence-corrected chi connectivity index (χ1v) is 5.57. The maximum atomic E-state index is 10.8. The number of aromatic nitrogens is 2. The Labute approximate surface area is 98.8 Å². The average molecular weight is 228 g/mol. The topological polar surface area (TPSA) is 44.1 Å². The van der Waals surface area contributed by atoms with E-state index in [2.05, 4.69) is 5.10 Å². The Morgan fingerprint density at radius 2 is 2.35 bits per heavy atom. The number of carbonyl (C=O) groups is 1. The first-order chi connectivity index (χ1) is 8.38. The smallest absolute Gasteiger partial charge is 0.150 e. The van der Waals surface area contributed by atoms with Crippen molar-refractivity contribution in [2.45, 2.75) is 13.0 Å². The van der Waals surface area contributed by atoms with Crippen LogP contribution in [0.5, 0.6) is 0 Å². The Morgan fingerprint density at radius 1 is 1.41 bits per heavy atom. The Bertz CT molecular complexity index is 560. The normalized spacial score (nSPS) is 14.4. The summed E-state index contributed by atoms with van der Waals surface area (Å²) in [5, 5.41) is 4.36. The molecule has 0 aliphatic carbocycles. The SMILES string of the molecule is O=Cc1cccc(-n2ncc3c2CCOC3)c1. The molecule has 0 saturated carbocycles. The van der Waals surface area contributed by atoms with E-state index in [1.165, 1.54) is 5.69 Å². The van der Waals surface area contributed by atoms with Crippen LogP contribution in [0.2, 0.25) is 0 Å². The minimum Gasteiger partial charge on any atom is -0.376 e. The number of nitrogens with zero attached hydrogens (tertiary/aromatic N) is 2. The molecule has 0 bridgehead atoms. The molecule has 0 saturated heterocycles. The van der Waals surface area contributed by atoms with E-state index in [4.69, 9.17) is 4.74 Å². The lowest BCUT2D eigenvalue weighted by Crippen LogP contribution is -2.12. The quantitative estimate of drug-likeness (QED) is 0.736. The maximum Gasteiger partial charge on any atom is 0.150 e. The van der Waals surface area contributed by atoms with Gasteiger partial charge in [0.2, 0.25) is 0 Å². The lowest BCUT2D eigenvalue weighted by Gasteiger charge is -2.14. The van der Waals surface area contributed by atoms with Gasteiger partial charge >= 0.3 is 0 Å². The van der Waals surface area contributed by atoms with Gasteiger partial charge in [-0.3, -0.25) is 4.79 Å². The molecule has 0 unspecified atom stereocenters. The summed E-state index contributed by atoms with van der Waals surface area (Å²) >= 11 is 0. The van der Waals surface area contributed by atoms with Gasteiger partial charge in [-0.2, -0.15) is 5.10 Å². The molecule has 1 aliphatic heterocycles. The summed E-state index contributed by atoms with van der Waals surface area (Å²) < 4.78 is 7.27. The van der Waals surface area contributed by atoms with Crippen LogP contribution in [-0.2, 0) is 17.8 Å². The summed E-state index contributed by atoms with van der Waals surface area (Å²) in [5.41, 5.74) is 3.91. The molecule has 4 heteroatoms. The van der Waals surface area contributed by atoms with Gasteiger partial charge < -0.3 is 4.74 Å². The van der Waals surface area contributed by atoms with Crippen molar-refractivity contribution in [3.8, 4) is 5.69 Å². The summed E-state index contributed by atoms with van der Waals surface area (Å²) in [4.78, 5) is 10.8. The lowest BCUT2D eigenvalue weighted by atomic mass is 10.1. The summed E-state index contributed by atoms with van der Waals surface area (Å²) in [7, 11) is 0. The predicted octanol–water partition coefficient (Wildman–Crippen LogP) is 1.76. The van der Waals surface area contributed by atoms with E-state index in [1.807, 2.05) is 29.1 Å². The number of carbonyl (C=O) groups excluding carboxylic acids is 1. The van der Waals surface area contributed by atoms with Crippen molar-refractivity contribution in [1.29, 1.82) is 0 Å². The zero-order valence-electron chi connectivity index (χ0n) is 9.30. The Morgan fingerprint density at radius 3 is 3.24 bits per heavy atom. The average Bonchev–Trinajstić information content (AvgIpc) is 2.82. The minimum absolute atomic E-state index is 0.628. The van der Waals surface area contributed by atoms with Crippen molar-refractivity contribution in [2.24, 2.45) is 0 Å². The van der Waals surface area contributed by atoms with Gasteiger partial charge in [0.1, 0.15) is 6.29 Å². The molecule has 86 valence electrons. The zero-order chi connectivity index (χ0) is 11.7. The highest BCUT2D eigenvalue weighted by molar-refractivity contribution is 5.75. The van der Waals surface area contributed by atoms with Crippen molar-refractivity contribution in [3.63, 3.8) is 0 Å². The van der Waals surface area contributed by atoms with Gasteiger partial charge in [-0.1, -0.05) is 12.1 Å². The molecule has 0 amide bonds. The fourth-order valence-electron chi connectivity index (χ4n) is 2.10. The van der Waals surface area contributed by atoms with Gasteiger partial charge in [0.25, 0.3) is 0 Å². The van der Waals surface area contributed by atoms with Gasteiger partial charge in [-0.05, 0) is 12.1 Å². The standard InChI is InChI=1S/C13H12N2O2/c16-8-10-2-1-3-12(6-10)15-13-4-5-17-9-11(13)7-14-15/h1-3,6-8H,4-5,9H2. The van der Waals surface area contributed by atoms with Crippen LogP contribution in [0, 0.1) is 0 Å². The molecule has 0 atom stereocenters. The van der Waals surface area contributed by atoms with Crippen LogP contribution in [0.4, 0.5) is 0 Å². The molecular formula is C13H12N2O2. The largest absolute Gasteiger partial charge is 0.376 e. The molecule has 17 heavy (non-hydrogen) atoms. The predicted molar refractivity (Wildman–Crippen MR) is 62.3 cm³/mol. The number of fused-ring (bicyclic) bond motifs is 1. The van der Waals surface area contributed by atoms with Gasteiger partial charge in [0.15, 0.2) is 0 Å². The number of hydrogen-bond acceptors (Lipinski definition) is 3. The van der Waals surface area contributed by atoms with E-state index >= 15 is 0 Å². The molecule has 2 heterocycles. The highest BCUT2D eigenvalue weighted by Gasteiger charge is 2.16. The van der Waals surface area contributed by atoms with E-state index in [0.717, 1.165) is 30.6 Å². The number of hydrogen-bond donors (Lipinski definition) is 0. The van der Waals surface area contributed by atoms with Gasteiger partial charge in [0.05, 0.1) is 30.8 Å². The Balaban J connectivity index is 2.08. The second-order valence-corrected chi connectivity index (χ2v) is 4.04. The summed E-state index contributed by atoms with van der Waals surface area (Å²) in [6.07, 6.45) is 3.55. The molecule has 0 spiro atoms. The van der Waals surface area contributed by atoms with Crippen molar-refractivity contribution >= 4 is 6.29 Å². The van der Waals surface area contributed by atoms with E-state index in [0.29, 0.717) is 12.2 Å². The second kappa shape index (κ2) is 4.14. The van der Waals surface area contributed by atoms with Crippen LogP contribution in [0.25, 0.3) is 5.69 Å². The van der Waals surface area contributed by atoms with Crippen LogP contribution >= 0.6 is 0 Å². The number of benzene rings is 1. The number of aldehydes is 1. The van der Waals surface area contributed by atoms with E-state index in [1.54, 1.807) is 6.07 Å². The molecule has 4 nitrogen and oxygen atoms in total. The van der Waals surface area contributed by atoms with Crippen LogP contribution in [0.1, 0.15) is 21.6 Å². The summed E-state index contributed by atoms with van der Waals surface area (Å²) in [6.45, 7) is 1.36. The molecule has 3 rings (SSSR count). The molecule has 1 aromatic carbocycles. The van der Waals surface area contributed by atoms with Crippen molar-refractivity contribution < 1.29 is 9.53 Å². The Hall–Kier alpha value is -1.94. The third-order valence-corrected chi connectivity index (χ3v) is 2.95. The highest BCUT2D eigenvalue weighted by Crippen LogP contribution is 2.20. The van der Waals surface area contributed by atoms with E-state index in [9.17, 15) is 4.79 Å². The van der Waals surface area contributed by atoms with Gasteiger partial charge in [-0.15, -0.1) is 0 Å². The second-order valence-electron chi connectivity index (χ2n) is 4.04. The third-order valence-electron chi connectivity index (χ3n) is 2.95. The summed E-state index contributed by atoms with van der Waals surface area (Å²) in [5.74, 6) is 0. The van der Waals surface area contributed by atoms with Crippen LogP contribution in [-0.4, -0.2) is 22.7 Å². The minimum atomic E-state index is 0.628. The third kappa shape index (κ3) is 1.76. The van der Waals surface area contributed by atoms with Crippen LogP contribution in [0.15, 0.2) is 30.5 Å². The number of rotatable bonds is 2. The molecule has 1 aliphatic rings. The number of ether oxygens (including phenoxy) is 1.